The van der Waals surface area contributed by atoms with E-state index in [1.807, 2.05) is 6.08 Å². The van der Waals surface area contributed by atoms with Crippen LogP contribution in [0.3, 0.4) is 0 Å². The lowest BCUT2D eigenvalue weighted by molar-refractivity contribution is -0.302. The number of carbonyl (C=O) groups is 1. The second-order valence-corrected chi connectivity index (χ2v) is 26.8. The molecular formula is C77H147NO8. The zero-order valence-corrected chi connectivity index (χ0v) is 57.1. The summed E-state index contributed by atoms with van der Waals surface area (Å²) in [6, 6.07) is -0.828. The highest BCUT2D eigenvalue weighted by molar-refractivity contribution is 5.76. The van der Waals surface area contributed by atoms with Gasteiger partial charge in [0, 0.05) is 6.42 Å². The number of aliphatic hydroxyl groups excluding tert-OH is 5. The minimum atomic E-state index is -1.57. The van der Waals surface area contributed by atoms with Crippen LogP contribution in [0, 0.1) is 0 Å². The maximum Gasteiger partial charge on any atom is 0.220 e. The van der Waals surface area contributed by atoms with E-state index in [0.29, 0.717) is 6.42 Å². The fraction of sp³-hybridized carbons (Fsp3) is 0.909. The third-order valence-electron chi connectivity index (χ3n) is 18.4. The highest BCUT2D eigenvalue weighted by atomic mass is 16.7. The average Bonchev–Trinajstić information content (AvgIpc) is 2.34. The van der Waals surface area contributed by atoms with Crippen LogP contribution >= 0.6 is 0 Å². The predicted molar refractivity (Wildman–Crippen MR) is 369 cm³/mol. The van der Waals surface area contributed by atoms with Gasteiger partial charge in [0.05, 0.1) is 25.4 Å². The molecule has 1 rings (SSSR count). The first-order valence-electron chi connectivity index (χ1n) is 38.2. The lowest BCUT2D eigenvalue weighted by Crippen LogP contribution is -2.60. The lowest BCUT2D eigenvalue weighted by Gasteiger charge is -2.40. The fourth-order valence-corrected chi connectivity index (χ4v) is 12.5. The number of nitrogens with one attached hydrogen (secondary N) is 1. The van der Waals surface area contributed by atoms with Crippen molar-refractivity contribution >= 4 is 5.91 Å². The van der Waals surface area contributed by atoms with Crippen molar-refractivity contribution in [3.05, 3.63) is 36.5 Å². The van der Waals surface area contributed by atoms with Crippen LogP contribution in [0.4, 0.5) is 0 Å². The first-order chi connectivity index (χ1) is 42.3. The zero-order chi connectivity index (χ0) is 62.1. The first kappa shape index (κ1) is 82.4. The average molecular weight is 1220 g/mol. The molecule has 9 heteroatoms. The Labute approximate surface area is 533 Å². The van der Waals surface area contributed by atoms with Gasteiger partial charge in [-0.05, 0) is 44.9 Å². The Balaban J connectivity index is 2.06. The van der Waals surface area contributed by atoms with Crippen molar-refractivity contribution in [2.45, 2.75) is 436 Å². The van der Waals surface area contributed by atoms with Gasteiger partial charge in [0.15, 0.2) is 6.29 Å². The molecule has 0 radical (unpaired) electrons. The molecule has 0 spiro atoms. The van der Waals surface area contributed by atoms with Crippen LogP contribution in [0.15, 0.2) is 36.5 Å². The van der Waals surface area contributed by atoms with Gasteiger partial charge in [0.1, 0.15) is 24.4 Å². The molecule has 1 aliphatic heterocycles. The van der Waals surface area contributed by atoms with Crippen molar-refractivity contribution in [3.63, 3.8) is 0 Å². The fourth-order valence-electron chi connectivity index (χ4n) is 12.5. The van der Waals surface area contributed by atoms with Crippen molar-refractivity contribution in [1.82, 2.24) is 5.32 Å². The van der Waals surface area contributed by atoms with Crippen LogP contribution in [-0.4, -0.2) is 87.5 Å². The summed E-state index contributed by atoms with van der Waals surface area (Å²) in [7, 11) is 0. The molecule has 7 atom stereocenters. The molecule has 9 nitrogen and oxygen atoms in total. The molecule has 1 heterocycles. The molecule has 0 aromatic carbocycles. The second kappa shape index (κ2) is 66.3. The Hall–Kier alpha value is -1.59. The number of ether oxygens (including phenoxy) is 2. The van der Waals surface area contributed by atoms with Gasteiger partial charge in [0.25, 0.3) is 0 Å². The van der Waals surface area contributed by atoms with Gasteiger partial charge < -0.3 is 40.3 Å². The standard InChI is InChI=1S/C77H147NO8/c1-3-5-7-9-11-13-15-17-19-21-23-25-27-28-29-30-31-32-33-34-35-36-37-38-39-40-41-42-43-45-47-49-51-53-55-57-59-61-63-65-67-73(81)78-70(69-85-77-76(84)75(83)74(82)72(68-79)86-77)71(80)66-64-62-60-58-56-54-52-50-48-46-44-26-24-22-20-18-16-14-12-10-8-6-4-2/h48,50,56,58,64,66,70-72,74-77,79-80,82-84H,3-47,49,51-55,57,59-63,65,67-69H2,1-2H3,(H,78,81)/b50-48+,58-56+,66-64+. The number of hydrogen-bond acceptors (Lipinski definition) is 8. The van der Waals surface area contributed by atoms with E-state index in [0.717, 1.165) is 44.9 Å². The smallest absolute Gasteiger partial charge is 0.220 e. The molecule has 6 N–H and O–H groups in total. The number of unbranched alkanes of at least 4 members (excludes halogenated alkanes) is 54. The van der Waals surface area contributed by atoms with E-state index in [1.165, 1.54) is 327 Å². The largest absolute Gasteiger partial charge is 0.394 e. The Morgan fingerprint density at radius 2 is 0.663 bits per heavy atom. The van der Waals surface area contributed by atoms with Gasteiger partial charge in [-0.25, -0.2) is 0 Å². The summed E-state index contributed by atoms with van der Waals surface area (Å²) in [6.07, 6.45) is 83.0. The third-order valence-corrected chi connectivity index (χ3v) is 18.4. The van der Waals surface area contributed by atoms with Crippen molar-refractivity contribution < 1.29 is 39.8 Å². The summed E-state index contributed by atoms with van der Waals surface area (Å²) in [5.41, 5.74) is 0. The predicted octanol–water partition coefficient (Wildman–Crippen LogP) is 21.4. The number of aliphatic hydroxyl groups is 5. The summed E-state index contributed by atoms with van der Waals surface area (Å²) in [5.74, 6) is -0.183. The summed E-state index contributed by atoms with van der Waals surface area (Å²) < 4.78 is 11.3. The molecule has 1 amide bonds. The quantitative estimate of drug-likeness (QED) is 0.0261. The highest BCUT2D eigenvalue weighted by Gasteiger charge is 2.44. The van der Waals surface area contributed by atoms with Crippen LogP contribution in [0.5, 0.6) is 0 Å². The number of carbonyl (C=O) groups excluding carboxylic acids is 1. The van der Waals surface area contributed by atoms with E-state index >= 15 is 0 Å². The topological polar surface area (TPSA) is 149 Å². The summed E-state index contributed by atoms with van der Waals surface area (Å²) in [4.78, 5) is 13.1. The van der Waals surface area contributed by atoms with Gasteiger partial charge in [-0.2, -0.15) is 0 Å². The number of hydrogen-bond donors (Lipinski definition) is 6. The molecule has 0 saturated carbocycles. The minimum absolute atomic E-state index is 0.183. The van der Waals surface area contributed by atoms with E-state index in [-0.39, 0.29) is 12.5 Å². The van der Waals surface area contributed by atoms with Crippen LogP contribution in [0.2, 0.25) is 0 Å². The SMILES string of the molecule is CCCCCCCCCCCCCCC/C=C/CC/C=C/CC/C=C/C(O)C(COC1OC(CO)C(O)C(O)C1O)NC(=O)CCCCCCCCCCCCCCCCCCCCCCCCCCCCCCCCCCCCCCCCCC. The van der Waals surface area contributed by atoms with Gasteiger partial charge >= 0.3 is 0 Å². The molecule has 508 valence electrons. The minimum Gasteiger partial charge on any atom is -0.394 e. The van der Waals surface area contributed by atoms with Gasteiger partial charge in [-0.15, -0.1) is 0 Å². The van der Waals surface area contributed by atoms with E-state index in [1.54, 1.807) is 6.08 Å². The molecular weight excluding hydrogens is 1070 g/mol. The monoisotopic (exact) mass is 1210 g/mol. The maximum absolute atomic E-state index is 13.1. The number of rotatable bonds is 68. The van der Waals surface area contributed by atoms with E-state index in [4.69, 9.17) is 9.47 Å². The molecule has 1 aliphatic rings. The molecule has 1 saturated heterocycles. The molecule has 0 aromatic rings. The Morgan fingerprint density at radius 1 is 0.384 bits per heavy atom. The molecule has 7 unspecified atom stereocenters. The number of allylic oxidation sites excluding steroid dienone is 5. The lowest BCUT2D eigenvalue weighted by atomic mass is 9.99. The van der Waals surface area contributed by atoms with Gasteiger partial charge in [-0.3, -0.25) is 4.79 Å². The molecule has 0 bridgehead atoms. The van der Waals surface area contributed by atoms with Crippen molar-refractivity contribution in [2.75, 3.05) is 13.2 Å². The van der Waals surface area contributed by atoms with Crippen LogP contribution in [0.25, 0.3) is 0 Å². The zero-order valence-electron chi connectivity index (χ0n) is 57.1. The van der Waals surface area contributed by atoms with Crippen LogP contribution in [-0.2, 0) is 14.3 Å². The second-order valence-electron chi connectivity index (χ2n) is 26.8. The normalized spacial score (nSPS) is 18.2. The summed E-state index contributed by atoms with van der Waals surface area (Å²) in [6.45, 7) is 3.82. The molecule has 86 heavy (non-hydrogen) atoms. The maximum atomic E-state index is 13.1. The Bertz CT molecular complexity index is 1450. The summed E-state index contributed by atoms with van der Waals surface area (Å²) in [5, 5.41) is 54.8. The van der Waals surface area contributed by atoms with Gasteiger partial charge in [0.2, 0.25) is 5.91 Å². The van der Waals surface area contributed by atoms with E-state index in [9.17, 15) is 30.3 Å². The van der Waals surface area contributed by atoms with E-state index < -0.39 is 49.5 Å². The van der Waals surface area contributed by atoms with Gasteiger partial charge in [-0.1, -0.05) is 378 Å². The molecule has 0 aliphatic carbocycles. The summed E-state index contributed by atoms with van der Waals surface area (Å²) >= 11 is 0. The highest BCUT2D eigenvalue weighted by Crippen LogP contribution is 2.24. The van der Waals surface area contributed by atoms with E-state index in [2.05, 4.69) is 43.5 Å². The first-order valence-corrected chi connectivity index (χ1v) is 38.2. The third kappa shape index (κ3) is 54.2. The molecule has 1 fully saturated rings. The van der Waals surface area contributed by atoms with Crippen LogP contribution in [0.1, 0.15) is 393 Å². The van der Waals surface area contributed by atoms with Crippen molar-refractivity contribution in [2.24, 2.45) is 0 Å². The van der Waals surface area contributed by atoms with Crippen molar-refractivity contribution in [1.29, 1.82) is 0 Å². The van der Waals surface area contributed by atoms with Crippen molar-refractivity contribution in [3.8, 4) is 0 Å². The Morgan fingerprint density at radius 3 is 0.977 bits per heavy atom. The molecule has 0 aromatic heterocycles. The number of amides is 1. The van der Waals surface area contributed by atoms with Crippen LogP contribution < -0.4 is 5.32 Å². The Kier molecular flexibility index (Phi) is 63.6.